The van der Waals surface area contributed by atoms with Gasteiger partial charge in [0.1, 0.15) is 0 Å². The van der Waals surface area contributed by atoms with Crippen LogP contribution in [0.3, 0.4) is 0 Å². The van der Waals surface area contributed by atoms with E-state index in [1.807, 2.05) is 24.3 Å². The maximum Gasteiger partial charge on any atom is 0.251 e. The van der Waals surface area contributed by atoms with E-state index in [2.05, 4.69) is 27.4 Å². The summed E-state index contributed by atoms with van der Waals surface area (Å²) in [6.45, 7) is 2.95. The Kier molecular flexibility index (Phi) is 4.53. The van der Waals surface area contributed by atoms with E-state index in [1.165, 1.54) is 12.8 Å². The highest BCUT2D eigenvalue weighted by atomic mass is 16.5. The Hall–Kier alpha value is -2.21. The lowest BCUT2D eigenvalue weighted by Crippen LogP contribution is -2.39. The first-order valence-corrected chi connectivity index (χ1v) is 9.10. The van der Waals surface area contributed by atoms with Crippen molar-refractivity contribution < 1.29 is 9.32 Å². The second kappa shape index (κ2) is 6.96. The monoisotopic (exact) mass is 340 g/mol. The van der Waals surface area contributed by atoms with E-state index in [0.717, 1.165) is 43.9 Å². The molecule has 6 heteroatoms. The van der Waals surface area contributed by atoms with Crippen LogP contribution in [0, 0.1) is 5.92 Å². The number of aromatic nitrogens is 2. The van der Waals surface area contributed by atoms with Crippen LogP contribution in [-0.2, 0) is 0 Å². The van der Waals surface area contributed by atoms with E-state index in [9.17, 15) is 4.79 Å². The number of nitrogens with one attached hydrogen (secondary N) is 1. The van der Waals surface area contributed by atoms with Gasteiger partial charge in [-0.15, -0.1) is 0 Å². The molecule has 1 N–H and O–H groups in total. The molecule has 0 bridgehead atoms. The van der Waals surface area contributed by atoms with Gasteiger partial charge >= 0.3 is 0 Å². The predicted octanol–water partition coefficient (Wildman–Crippen LogP) is 2.69. The van der Waals surface area contributed by atoms with Gasteiger partial charge < -0.3 is 14.7 Å². The van der Waals surface area contributed by atoms with Crippen molar-refractivity contribution in [1.29, 1.82) is 0 Å². The highest BCUT2D eigenvalue weighted by Crippen LogP contribution is 2.39. The van der Waals surface area contributed by atoms with Crippen molar-refractivity contribution >= 4 is 5.91 Å². The third-order valence-electron chi connectivity index (χ3n) is 5.05. The molecule has 6 nitrogen and oxygen atoms in total. The highest BCUT2D eigenvalue weighted by Gasteiger charge is 2.29. The maximum atomic E-state index is 12.3. The summed E-state index contributed by atoms with van der Waals surface area (Å²) >= 11 is 0. The number of nitrogens with zero attached hydrogens (tertiary/aromatic N) is 3. The molecule has 2 aliphatic rings. The Balaban J connectivity index is 1.35. The summed E-state index contributed by atoms with van der Waals surface area (Å²) in [5.41, 5.74) is 1.54. The Bertz CT molecular complexity index is 736. The number of piperidine rings is 1. The van der Waals surface area contributed by atoms with Crippen LogP contribution < -0.4 is 5.32 Å². The van der Waals surface area contributed by atoms with E-state index in [-0.39, 0.29) is 5.91 Å². The summed E-state index contributed by atoms with van der Waals surface area (Å²) in [5.74, 6) is 2.30. The summed E-state index contributed by atoms with van der Waals surface area (Å²) in [6.07, 6.45) is 4.67. The maximum absolute atomic E-state index is 12.3. The number of carbonyl (C=O) groups is 1. The van der Waals surface area contributed by atoms with Crippen LogP contribution in [0.25, 0.3) is 11.4 Å². The second-order valence-electron chi connectivity index (χ2n) is 7.29. The molecule has 1 aliphatic heterocycles. The van der Waals surface area contributed by atoms with Gasteiger partial charge in [0.25, 0.3) is 5.91 Å². The number of hydrogen-bond acceptors (Lipinski definition) is 5. The van der Waals surface area contributed by atoms with Crippen molar-refractivity contribution in [3.8, 4) is 11.4 Å². The van der Waals surface area contributed by atoms with Gasteiger partial charge in [-0.25, -0.2) is 0 Å². The minimum absolute atomic E-state index is 0.0217. The predicted molar refractivity (Wildman–Crippen MR) is 94.3 cm³/mol. The summed E-state index contributed by atoms with van der Waals surface area (Å²) < 4.78 is 5.29. The van der Waals surface area contributed by atoms with Gasteiger partial charge in [-0.05, 0) is 57.3 Å². The number of amides is 1. The lowest BCUT2D eigenvalue weighted by atomic mass is 9.98. The second-order valence-corrected chi connectivity index (χ2v) is 7.29. The largest absolute Gasteiger partial charge is 0.352 e. The number of carbonyl (C=O) groups excluding carboxylic acids is 1. The minimum Gasteiger partial charge on any atom is -0.352 e. The van der Waals surface area contributed by atoms with Crippen molar-refractivity contribution in [2.24, 2.45) is 5.92 Å². The molecule has 1 amide bonds. The molecule has 1 atom stereocenters. The van der Waals surface area contributed by atoms with Gasteiger partial charge in [0, 0.05) is 30.1 Å². The lowest BCUT2D eigenvalue weighted by Gasteiger charge is -2.29. The van der Waals surface area contributed by atoms with Crippen molar-refractivity contribution in [2.45, 2.75) is 31.6 Å². The van der Waals surface area contributed by atoms with Gasteiger partial charge in [-0.3, -0.25) is 4.79 Å². The Morgan fingerprint density at radius 2 is 2.08 bits per heavy atom. The first-order valence-electron chi connectivity index (χ1n) is 9.10. The topological polar surface area (TPSA) is 71.3 Å². The molecular formula is C19H24N4O2. The fraction of sp³-hybridized carbons (Fsp3) is 0.526. The molecule has 4 rings (SSSR count). The van der Waals surface area contributed by atoms with Crippen molar-refractivity contribution in [3.05, 3.63) is 35.7 Å². The van der Waals surface area contributed by atoms with Crippen molar-refractivity contribution in [1.82, 2.24) is 20.4 Å². The van der Waals surface area contributed by atoms with Crippen LogP contribution >= 0.6 is 0 Å². The summed E-state index contributed by atoms with van der Waals surface area (Å²) in [7, 11) is 2.14. The molecule has 25 heavy (non-hydrogen) atoms. The molecule has 2 heterocycles. The average Bonchev–Trinajstić information content (AvgIpc) is 3.37. The zero-order chi connectivity index (χ0) is 17.2. The molecule has 1 saturated heterocycles. The number of benzene rings is 1. The fourth-order valence-corrected chi connectivity index (χ4v) is 3.40. The van der Waals surface area contributed by atoms with Gasteiger partial charge in [0.2, 0.25) is 11.7 Å². The number of rotatable bonds is 5. The van der Waals surface area contributed by atoms with Gasteiger partial charge in [-0.2, -0.15) is 4.98 Å². The van der Waals surface area contributed by atoms with E-state index in [1.54, 1.807) is 0 Å². The molecule has 2 aromatic rings. The Labute approximate surface area is 147 Å². The first kappa shape index (κ1) is 16.3. The molecule has 1 aromatic carbocycles. The van der Waals surface area contributed by atoms with Crippen LogP contribution in [0.5, 0.6) is 0 Å². The van der Waals surface area contributed by atoms with E-state index >= 15 is 0 Å². The third kappa shape index (κ3) is 3.90. The molecule has 0 radical (unpaired) electrons. The van der Waals surface area contributed by atoms with E-state index in [0.29, 0.717) is 23.2 Å². The van der Waals surface area contributed by atoms with Crippen molar-refractivity contribution in [2.75, 3.05) is 26.7 Å². The Morgan fingerprint density at radius 1 is 1.28 bits per heavy atom. The minimum atomic E-state index is -0.0217. The number of likely N-dealkylation sites (tertiary alicyclic amines) is 1. The smallest absolute Gasteiger partial charge is 0.251 e. The third-order valence-corrected chi connectivity index (χ3v) is 5.05. The normalized spacial score (nSPS) is 21.2. The SMILES string of the molecule is CN1CCCC(CNC(=O)c2ccc(-c3noc(C4CC4)n3)cc2)C1. The van der Waals surface area contributed by atoms with Gasteiger partial charge in [-0.1, -0.05) is 17.3 Å². The van der Waals surface area contributed by atoms with Crippen LogP contribution in [0.1, 0.15) is 47.8 Å². The summed E-state index contributed by atoms with van der Waals surface area (Å²) in [4.78, 5) is 19.1. The van der Waals surface area contributed by atoms with E-state index in [4.69, 9.17) is 4.52 Å². The van der Waals surface area contributed by atoms with Crippen LogP contribution in [0.4, 0.5) is 0 Å². The molecule has 1 unspecified atom stereocenters. The van der Waals surface area contributed by atoms with Crippen LogP contribution in [0.2, 0.25) is 0 Å². The van der Waals surface area contributed by atoms with Crippen molar-refractivity contribution in [3.63, 3.8) is 0 Å². The Morgan fingerprint density at radius 3 is 2.80 bits per heavy atom. The fourth-order valence-electron chi connectivity index (χ4n) is 3.40. The van der Waals surface area contributed by atoms with Gasteiger partial charge in [0.15, 0.2) is 0 Å². The lowest BCUT2D eigenvalue weighted by molar-refractivity contribution is 0.0937. The zero-order valence-electron chi connectivity index (χ0n) is 14.6. The zero-order valence-corrected chi connectivity index (χ0v) is 14.6. The molecule has 1 saturated carbocycles. The molecule has 132 valence electrons. The summed E-state index contributed by atoms with van der Waals surface area (Å²) in [5, 5.41) is 7.10. The van der Waals surface area contributed by atoms with Gasteiger partial charge in [0.05, 0.1) is 0 Å². The van der Waals surface area contributed by atoms with E-state index < -0.39 is 0 Å². The number of hydrogen-bond donors (Lipinski definition) is 1. The molecule has 1 aromatic heterocycles. The molecule has 2 fully saturated rings. The molecular weight excluding hydrogens is 316 g/mol. The highest BCUT2D eigenvalue weighted by molar-refractivity contribution is 5.94. The summed E-state index contributed by atoms with van der Waals surface area (Å²) in [6, 6.07) is 7.41. The molecule has 1 aliphatic carbocycles. The average molecular weight is 340 g/mol. The first-order chi connectivity index (χ1) is 12.2. The molecule has 0 spiro atoms. The quantitative estimate of drug-likeness (QED) is 0.906. The van der Waals surface area contributed by atoms with Crippen LogP contribution in [-0.4, -0.2) is 47.6 Å². The van der Waals surface area contributed by atoms with Crippen LogP contribution in [0.15, 0.2) is 28.8 Å². The standard InChI is InChI=1S/C19H24N4O2/c1-23-10-2-3-13(12-23)11-20-18(24)15-6-4-14(5-7-15)17-21-19(25-22-17)16-8-9-16/h4-7,13,16H,2-3,8-12H2,1H3,(H,20,24).